The van der Waals surface area contributed by atoms with Gasteiger partial charge in [0.25, 0.3) is 0 Å². The summed E-state index contributed by atoms with van der Waals surface area (Å²) in [5, 5.41) is 1.15. The van der Waals surface area contributed by atoms with E-state index in [2.05, 4.69) is 0 Å². The third kappa shape index (κ3) is 1.82. The lowest BCUT2D eigenvalue weighted by Gasteiger charge is -1.96. The highest BCUT2D eigenvalue weighted by Crippen LogP contribution is 2.22. The quantitative estimate of drug-likeness (QED) is 0.636. The van der Waals surface area contributed by atoms with Crippen LogP contribution < -0.4 is 0 Å². The van der Waals surface area contributed by atoms with Crippen molar-refractivity contribution in [2.24, 2.45) is 0 Å². The van der Waals surface area contributed by atoms with Crippen molar-refractivity contribution in [2.75, 3.05) is 0 Å². The predicted octanol–water partition coefficient (Wildman–Crippen LogP) is 3.69. The number of hydrogen-bond acceptors (Lipinski definition) is 0. The van der Waals surface area contributed by atoms with Crippen LogP contribution in [-0.4, -0.2) is 0 Å². The lowest BCUT2D eigenvalue weighted by atomic mass is 10.2. The zero-order valence-electron chi connectivity index (χ0n) is 5.10. The molecule has 1 rings (SSSR count). The molecule has 0 heterocycles. The fourth-order valence-corrected chi connectivity index (χ4v) is 1.13. The smallest absolute Gasteiger partial charge is 0.0595 e. The van der Waals surface area contributed by atoms with Crippen molar-refractivity contribution in [2.45, 2.75) is 5.75 Å². The molecule has 0 aliphatic rings. The molecule has 0 spiro atoms. The molecule has 0 nitrogen and oxygen atoms in total. The molecular weight excluding hydrogens is 187 g/mol. The lowest BCUT2D eigenvalue weighted by molar-refractivity contribution is 1.43. The summed E-state index contributed by atoms with van der Waals surface area (Å²) in [6.45, 7) is 0. The van der Waals surface area contributed by atoms with Gasteiger partial charge in [0, 0.05) is 5.75 Å². The van der Waals surface area contributed by atoms with Gasteiger partial charge in [-0.05, 0) is 17.7 Å². The van der Waals surface area contributed by atoms with E-state index >= 15 is 0 Å². The van der Waals surface area contributed by atoms with E-state index in [-0.39, 0.29) is 0 Å². The van der Waals surface area contributed by atoms with Gasteiger partial charge in [-0.1, -0.05) is 41.9 Å². The first-order valence-electron chi connectivity index (χ1n) is 2.76. The number of benzene rings is 1. The Hall–Kier alpha value is 0.150. The van der Waals surface area contributed by atoms with Gasteiger partial charge in [0.05, 0.1) is 10.0 Å². The molecule has 10 heavy (non-hydrogen) atoms. The van der Waals surface area contributed by atoms with Crippen molar-refractivity contribution >= 4 is 35.8 Å². The summed E-state index contributed by atoms with van der Waals surface area (Å²) in [7, 11) is 0. The maximum absolute atomic E-state index is 5.71. The van der Waals surface area contributed by atoms with Crippen molar-refractivity contribution in [3.05, 3.63) is 33.8 Å². The second kappa shape index (κ2) is 3.51. The van der Waals surface area contributed by atoms with Gasteiger partial charge in [-0.2, -0.15) is 0 Å². The summed E-state index contributed by atoms with van der Waals surface area (Å²) in [5.41, 5.74) is 1.03. The molecule has 0 unspecified atom stereocenters. The first-order chi connectivity index (χ1) is 4.74. The Balaban J connectivity index is 3.04. The van der Waals surface area contributed by atoms with Gasteiger partial charge in [-0.3, -0.25) is 0 Å². The zero-order valence-corrected chi connectivity index (χ0v) is 7.43. The van der Waals surface area contributed by atoms with Crippen LogP contribution in [-0.2, 0) is 5.75 Å². The van der Waals surface area contributed by atoms with Crippen LogP contribution in [0.25, 0.3) is 0 Å². The predicted molar refractivity (Wildman–Crippen MR) is 47.8 cm³/mol. The summed E-state index contributed by atoms with van der Waals surface area (Å²) in [6.07, 6.45) is 0. The van der Waals surface area contributed by atoms with Crippen molar-refractivity contribution in [3.8, 4) is 0 Å². The Morgan fingerprint density at radius 3 is 2.40 bits per heavy atom. The Kier molecular flexibility index (Phi) is 2.90. The van der Waals surface area contributed by atoms with E-state index in [0.717, 1.165) is 5.56 Å². The Bertz CT molecular complexity index is 235. The molecule has 0 bridgehead atoms. The molecule has 53 valence electrons. The van der Waals surface area contributed by atoms with E-state index in [4.69, 9.17) is 35.8 Å². The lowest BCUT2D eigenvalue weighted by Crippen LogP contribution is -1.76. The van der Waals surface area contributed by atoms with E-state index in [9.17, 15) is 0 Å². The van der Waals surface area contributed by atoms with Crippen molar-refractivity contribution in [1.82, 2.24) is 0 Å². The molecular formula is C7H5Cl2S. The zero-order chi connectivity index (χ0) is 7.56. The SMILES string of the molecule is [S]Cc1ccc(Cl)c(Cl)c1. The summed E-state index contributed by atoms with van der Waals surface area (Å²) >= 11 is 16.2. The maximum Gasteiger partial charge on any atom is 0.0595 e. The maximum atomic E-state index is 5.71. The first-order valence-corrected chi connectivity index (χ1v) is 4.09. The summed E-state index contributed by atoms with van der Waals surface area (Å²) < 4.78 is 0. The van der Waals surface area contributed by atoms with Gasteiger partial charge < -0.3 is 0 Å². The van der Waals surface area contributed by atoms with Crippen molar-refractivity contribution in [3.63, 3.8) is 0 Å². The van der Waals surface area contributed by atoms with Crippen LogP contribution in [0.2, 0.25) is 10.0 Å². The Morgan fingerprint density at radius 1 is 1.20 bits per heavy atom. The van der Waals surface area contributed by atoms with Crippen LogP contribution in [0.15, 0.2) is 18.2 Å². The second-order valence-electron chi connectivity index (χ2n) is 1.89. The molecule has 0 saturated carbocycles. The molecule has 0 aliphatic carbocycles. The van der Waals surface area contributed by atoms with E-state index < -0.39 is 0 Å². The van der Waals surface area contributed by atoms with E-state index in [1.807, 2.05) is 6.07 Å². The van der Waals surface area contributed by atoms with Crippen molar-refractivity contribution in [1.29, 1.82) is 0 Å². The van der Waals surface area contributed by atoms with Gasteiger partial charge in [-0.25, -0.2) is 0 Å². The molecule has 0 aromatic heterocycles. The molecule has 0 atom stereocenters. The molecule has 1 aromatic carbocycles. The first kappa shape index (κ1) is 8.25. The molecule has 1 radical (unpaired) electrons. The average molecular weight is 192 g/mol. The molecule has 3 heteroatoms. The minimum absolute atomic E-state index is 0.573. The van der Waals surface area contributed by atoms with Gasteiger partial charge in [-0.15, -0.1) is 0 Å². The van der Waals surface area contributed by atoms with Crippen LogP contribution in [0.5, 0.6) is 0 Å². The molecule has 0 aliphatic heterocycles. The number of rotatable bonds is 1. The Labute approximate surface area is 75.6 Å². The summed E-state index contributed by atoms with van der Waals surface area (Å²) in [6, 6.07) is 5.42. The molecule has 0 fully saturated rings. The minimum Gasteiger partial charge on any atom is -0.0890 e. The third-order valence-electron chi connectivity index (χ3n) is 1.15. The summed E-state index contributed by atoms with van der Waals surface area (Å²) in [4.78, 5) is 0. The van der Waals surface area contributed by atoms with Crippen LogP contribution in [0, 0.1) is 0 Å². The Morgan fingerprint density at radius 2 is 1.90 bits per heavy atom. The van der Waals surface area contributed by atoms with E-state index in [1.165, 1.54) is 0 Å². The van der Waals surface area contributed by atoms with E-state index in [0.29, 0.717) is 15.8 Å². The summed E-state index contributed by atoms with van der Waals surface area (Å²) in [5.74, 6) is 0.580. The topological polar surface area (TPSA) is 0 Å². The van der Waals surface area contributed by atoms with Crippen LogP contribution in [0.3, 0.4) is 0 Å². The van der Waals surface area contributed by atoms with Crippen molar-refractivity contribution < 1.29 is 0 Å². The molecule has 1 aromatic rings. The van der Waals surface area contributed by atoms with Gasteiger partial charge >= 0.3 is 0 Å². The fourth-order valence-electron chi connectivity index (χ4n) is 0.629. The molecule has 0 saturated heterocycles. The number of hydrogen-bond donors (Lipinski definition) is 0. The molecule has 0 amide bonds. The second-order valence-corrected chi connectivity index (χ2v) is 3.00. The highest BCUT2D eigenvalue weighted by molar-refractivity contribution is 7.79. The van der Waals surface area contributed by atoms with Gasteiger partial charge in [0.2, 0.25) is 0 Å². The monoisotopic (exact) mass is 191 g/mol. The molecule has 0 N–H and O–H groups in total. The average Bonchev–Trinajstić information content (AvgIpc) is 1.95. The fraction of sp³-hybridized carbons (Fsp3) is 0.143. The highest BCUT2D eigenvalue weighted by Gasteiger charge is 1.96. The van der Waals surface area contributed by atoms with Crippen LogP contribution in [0.1, 0.15) is 5.56 Å². The number of halogens is 2. The van der Waals surface area contributed by atoms with Gasteiger partial charge in [0.15, 0.2) is 0 Å². The standard InChI is InChI=1S/C7H5Cl2S/c8-6-2-1-5(4-10)3-7(6)9/h1-3H,4H2. The normalized spacial score (nSPS) is 9.90. The van der Waals surface area contributed by atoms with Gasteiger partial charge in [0.1, 0.15) is 0 Å². The van der Waals surface area contributed by atoms with E-state index in [1.54, 1.807) is 12.1 Å². The van der Waals surface area contributed by atoms with Crippen LogP contribution >= 0.6 is 35.8 Å². The minimum atomic E-state index is 0.573. The highest BCUT2D eigenvalue weighted by atomic mass is 35.5. The largest absolute Gasteiger partial charge is 0.0890 e. The third-order valence-corrected chi connectivity index (χ3v) is 2.22. The van der Waals surface area contributed by atoms with Crippen LogP contribution in [0.4, 0.5) is 0 Å².